The van der Waals surface area contributed by atoms with Crippen LogP contribution in [0.5, 0.6) is 0 Å². The zero-order valence-corrected chi connectivity index (χ0v) is 24.1. The predicted molar refractivity (Wildman–Crippen MR) is 146 cm³/mol. The normalized spacial score (nSPS) is 21.3. The van der Waals surface area contributed by atoms with Crippen LogP contribution >= 0.6 is 0 Å². The second-order valence-electron chi connectivity index (χ2n) is 10.5. The van der Waals surface area contributed by atoms with Crippen LogP contribution in [0.2, 0.25) is 0 Å². The third kappa shape index (κ3) is 15.7. The molecule has 0 saturated carbocycles. The molecule has 0 aromatic heterocycles. The van der Waals surface area contributed by atoms with E-state index in [-0.39, 0.29) is 18.5 Å². The summed E-state index contributed by atoms with van der Waals surface area (Å²) in [7, 11) is 1.45. The first-order valence-corrected chi connectivity index (χ1v) is 15.2. The molecule has 0 aromatic rings. The van der Waals surface area contributed by atoms with Crippen LogP contribution < -0.4 is 0 Å². The summed E-state index contributed by atoms with van der Waals surface area (Å²) in [5.74, 6) is -0.705. The summed E-state index contributed by atoms with van der Waals surface area (Å²) in [6.45, 7) is 4.10. The van der Waals surface area contributed by atoms with Crippen LogP contribution in [-0.2, 0) is 28.5 Å². The van der Waals surface area contributed by atoms with Crippen molar-refractivity contribution in [3.05, 3.63) is 0 Å². The highest BCUT2D eigenvalue weighted by atomic mass is 16.7. The lowest BCUT2D eigenvalue weighted by atomic mass is 10.1. The largest absolute Gasteiger partial charge is 0.455 e. The summed E-state index contributed by atoms with van der Waals surface area (Å²) in [6, 6.07) is 0. The van der Waals surface area contributed by atoms with Gasteiger partial charge in [-0.3, -0.25) is 9.59 Å². The van der Waals surface area contributed by atoms with E-state index < -0.39 is 24.6 Å². The minimum atomic E-state index is -0.875. The Morgan fingerprint density at radius 3 is 1.38 bits per heavy atom. The van der Waals surface area contributed by atoms with Crippen molar-refractivity contribution in [3.63, 3.8) is 0 Å². The van der Waals surface area contributed by atoms with Crippen LogP contribution in [0, 0.1) is 0 Å². The molecule has 1 saturated heterocycles. The van der Waals surface area contributed by atoms with Crippen LogP contribution in [0.15, 0.2) is 0 Å². The standard InChI is InChI=1S/C30H56O7/c1-4-6-8-10-12-14-16-18-20-22-26(32)36-28-25(24-31)35-30(34-3)29(28)37-27(33)23-21-19-17-15-13-11-9-7-5-2/h25,28-31H,4-24H2,1-3H3/t25-,28-,29-,30-/m1/s1. The van der Waals surface area contributed by atoms with Crippen molar-refractivity contribution in [3.8, 4) is 0 Å². The van der Waals surface area contributed by atoms with E-state index in [1.54, 1.807) is 0 Å². The molecule has 0 radical (unpaired) electrons. The molecule has 218 valence electrons. The van der Waals surface area contributed by atoms with Gasteiger partial charge in [0.15, 0.2) is 18.5 Å². The molecule has 37 heavy (non-hydrogen) atoms. The van der Waals surface area contributed by atoms with Crippen LogP contribution in [0.4, 0.5) is 0 Å². The van der Waals surface area contributed by atoms with E-state index in [9.17, 15) is 14.7 Å². The number of unbranched alkanes of at least 4 members (excludes halogenated alkanes) is 16. The Morgan fingerprint density at radius 1 is 0.622 bits per heavy atom. The van der Waals surface area contributed by atoms with Gasteiger partial charge in [-0.25, -0.2) is 0 Å². The number of esters is 2. The quantitative estimate of drug-likeness (QED) is 0.106. The van der Waals surface area contributed by atoms with Crippen molar-refractivity contribution < 1.29 is 33.6 Å². The van der Waals surface area contributed by atoms with E-state index in [4.69, 9.17) is 18.9 Å². The minimum Gasteiger partial charge on any atom is -0.455 e. The maximum absolute atomic E-state index is 12.5. The Labute approximate surface area is 226 Å². The first-order valence-electron chi connectivity index (χ1n) is 15.2. The van der Waals surface area contributed by atoms with Gasteiger partial charge in [-0.05, 0) is 12.8 Å². The van der Waals surface area contributed by atoms with Crippen molar-refractivity contribution >= 4 is 11.9 Å². The first-order chi connectivity index (χ1) is 18.1. The lowest BCUT2D eigenvalue weighted by Crippen LogP contribution is -2.41. The van der Waals surface area contributed by atoms with Crippen molar-refractivity contribution in [2.45, 2.75) is 167 Å². The molecule has 1 aliphatic heterocycles. The molecule has 7 nitrogen and oxygen atoms in total. The Hall–Kier alpha value is -1.18. The number of carbonyl (C=O) groups is 2. The number of hydrogen-bond acceptors (Lipinski definition) is 7. The third-order valence-electron chi connectivity index (χ3n) is 7.18. The number of carbonyl (C=O) groups excluding carboxylic acids is 2. The van der Waals surface area contributed by atoms with E-state index in [1.807, 2.05) is 0 Å². The summed E-state index contributed by atoms with van der Waals surface area (Å²) in [6.07, 6.45) is 18.3. The number of ether oxygens (including phenoxy) is 4. The Kier molecular flexibility index (Phi) is 20.8. The number of aliphatic hydroxyl groups excluding tert-OH is 1. The van der Waals surface area contributed by atoms with Gasteiger partial charge in [0, 0.05) is 20.0 Å². The smallest absolute Gasteiger partial charge is 0.306 e. The summed E-state index contributed by atoms with van der Waals surface area (Å²) in [5, 5.41) is 9.74. The molecule has 0 bridgehead atoms. The number of rotatable bonds is 24. The monoisotopic (exact) mass is 528 g/mol. The first kappa shape index (κ1) is 33.8. The van der Waals surface area contributed by atoms with E-state index >= 15 is 0 Å². The van der Waals surface area contributed by atoms with E-state index in [0.29, 0.717) is 12.8 Å². The molecule has 1 heterocycles. The molecule has 0 amide bonds. The van der Waals surface area contributed by atoms with Crippen LogP contribution in [0.1, 0.15) is 142 Å². The molecule has 1 aliphatic rings. The lowest BCUT2D eigenvalue weighted by Gasteiger charge is -2.23. The maximum atomic E-state index is 12.5. The van der Waals surface area contributed by atoms with E-state index in [2.05, 4.69) is 13.8 Å². The summed E-state index contributed by atoms with van der Waals surface area (Å²) in [5.41, 5.74) is 0. The van der Waals surface area contributed by atoms with Gasteiger partial charge < -0.3 is 24.1 Å². The number of methoxy groups -OCH3 is 1. The van der Waals surface area contributed by atoms with Crippen molar-refractivity contribution in [2.75, 3.05) is 13.7 Å². The Morgan fingerprint density at radius 2 is 1.00 bits per heavy atom. The van der Waals surface area contributed by atoms with Gasteiger partial charge in [0.2, 0.25) is 0 Å². The summed E-state index contributed by atoms with van der Waals surface area (Å²) >= 11 is 0. The fourth-order valence-corrected chi connectivity index (χ4v) is 4.88. The molecule has 7 heteroatoms. The van der Waals surface area contributed by atoms with Crippen molar-refractivity contribution in [1.82, 2.24) is 0 Å². The van der Waals surface area contributed by atoms with Gasteiger partial charge in [-0.1, -0.05) is 117 Å². The number of hydrogen-bond donors (Lipinski definition) is 1. The third-order valence-corrected chi connectivity index (χ3v) is 7.18. The highest BCUT2D eigenvalue weighted by Gasteiger charge is 2.49. The average molecular weight is 529 g/mol. The SMILES string of the molecule is CCCCCCCCCCCC(=O)O[C@H]1[C@H](OC)O[C@H](CO)[C@H]1OC(=O)CCCCCCCCCCC. The predicted octanol–water partition coefficient (Wildman–Crippen LogP) is 7.02. The zero-order valence-electron chi connectivity index (χ0n) is 24.1. The molecular formula is C30H56O7. The zero-order chi connectivity index (χ0) is 27.1. The maximum Gasteiger partial charge on any atom is 0.306 e. The molecular weight excluding hydrogens is 472 g/mol. The van der Waals surface area contributed by atoms with Crippen LogP contribution in [0.25, 0.3) is 0 Å². The molecule has 1 N–H and O–H groups in total. The molecule has 0 aromatic carbocycles. The van der Waals surface area contributed by atoms with Crippen molar-refractivity contribution in [1.29, 1.82) is 0 Å². The fraction of sp³-hybridized carbons (Fsp3) is 0.933. The Balaban J connectivity index is 2.33. The Bertz CT molecular complexity index is 520. The highest BCUT2D eigenvalue weighted by Crippen LogP contribution is 2.28. The van der Waals surface area contributed by atoms with Gasteiger partial charge in [-0.15, -0.1) is 0 Å². The van der Waals surface area contributed by atoms with Gasteiger partial charge in [-0.2, -0.15) is 0 Å². The molecule has 0 spiro atoms. The molecule has 4 atom stereocenters. The van der Waals surface area contributed by atoms with Crippen LogP contribution in [0.3, 0.4) is 0 Å². The second-order valence-corrected chi connectivity index (χ2v) is 10.5. The molecule has 0 unspecified atom stereocenters. The van der Waals surface area contributed by atoms with E-state index in [1.165, 1.54) is 84.2 Å². The number of aliphatic hydroxyl groups is 1. The molecule has 0 aliphatic carbocycles. The van der Waals surface area contributed by atoms with Gasteiger partial charge >= 0.3 is 11.9 Å². The fourth-order valence-electron chi connectivity index (χ4n) is 4.88. The van der Waals surface area contributed by atoms with Crippen molar-refractivity contribution in [2.24, 2.45) is 0 Å². The molecule has 1 rings (SSSR count). The topological polar surface area (TPSA) is 91.3 Å². The summed E-state index contributed by atoms with van der Waals surface area (Å²) < 4.78 is 22.3. The summed E-state index contributed by atoms with van der Waals surface area (Å²) in [4.78, 5) is 25.0. The van der Waals surface area contributed by atoms with Gasteiger partial charge in [0.05, 0.1) is 6.61 Å². The van der Waals surface area contributed by atoms with Gasteiger partial charge in [0.1, 0.15) is 6.10 Å². The minimum absolute atomic E-state index is 0.307. The van der Waals surface area contributed by atoms with Gasteiger partial charge in [0.25, 0.3) is 0 Å². The second kappa shape index (κ2) is 22.8. The molecule has 1 fully saturated rings. The van der Waals surface area contributed by atoms with E-state index in [0.717, 1.165) is 38.5 Å². The van der Waals surface area contributed by atoms with Crippen LogP contribution in [-0.4, -0.2) is 55.4 Å². The lowest BCUT2D eigenvalue weighted by molar-refractivity contribution is -0.183. The highest BCUT2D eigenvalue weighted by molar-refractivity contribution is 5.70. The average Bonchev–Trinajstić information content (AvgIpc) is 3.22.